The summed E-state index contributed by atoms with van der Waals surface area (Å²) in [5.74, 6) is -1.31. The zero-order chi connectivity index (χ0) is 29.7. The number of halogens is 4. The Balaban J connectivity index is 2.09. The van der Waals surface area contributed by atoms with Crippen molar-refractivity contribution < 1.29 is 31.2 Å². The first kappa shape index (κ1) is 31.0. The maximum absolute atomic E-state index is 13.8. The molecular formula is C28H29ClF3N3O4S. The molecule has 0 saturated carbocycles. The van der Waals surface area contributed by atoms with Crippen molar-refractivity contribution in [3.63, 3.8) is 0 Å². The normalized spacial score (nSPS) is 12.6. The van der Waals surface area contributed by atoms with Gasteiger partial charge in [-0.3, -0.25) is 13.9 Å². The lowest BCUT2D eigenvalue weighted by Crippen LogP contribution is -2.52. The molecule has 2 amide bonds. The Morgan fingerprint density at radius 1 is 0.925 bits per heavy atom. The maximum Gasteiger partial charge on any atom is 0.416 e. The van der Waals surface area contributed by atoms with E-state index in [-0.39, 0.29) is 23.2 Å². The Morgan fingerprint density at radius 3 is 2.15 bits per heavy atom. The van der Waals surface area contributed by atoms with Gasteiger partial charge in [0, 0.05) is 17.6 Å². The second-order valence-corrected chi connectivity index (χ2v) is 11.6. The van der Waals surface area contributed by atoms with Gasteiger partial charge in [-0.05, 0) is 62.7 Å². The SMILES string of the molecule is CC(C)NC(=O)[C@H](C)N(Cc1ccccc1Cl)C(=O)CN(c1cccc(C(F)(F)F)c1)S(=O)(=O)c1ccccc1. The highest BCUT2D eigenvalue weighted by atomic mass is 35.5. The van der Waals surface area contributed by atoms with Crippen molar-refractivity contribution in [1.82, 2.24) is 10.2 Å². The number of anilines is 1. The van der Waals surface area contributed by atoms with Crippen LogP contribution in [0.15, 0.2) is 83.8 Å². The Kier molecular flexibility index (Phi) is 9.86. The highest BCUT2D eigenvalue weighted by molar-refractivity contribution is 7.92. The maximum atomic E-state index is 13.8. The van der Waals surface area contributed by atoms with Crippen LogP contribution in [0.1, 0.15) is 31.9 Å². The predicted octanol–water partition coefficient (Wildman–Crippen LogP) is 5.50. The number of alkyl halides is 3. The molecule has 12 heteroatoms. The van der Waals surface area contributed by atoms with E-state index >= 15 is 0 Å². The second-order valence-electron chi connectivity index (χ2n) is 9.33. The molecule has 3 rings (SSSR count). The molecule has 3 aromatic rings. The van der Waals surface area contributed by atoms with E-state index in [0.717, 1.165) is 17.0 Å². The molecule has 0 unspecified atom stereocenters. The van der Waals surface area contributed by atoms with Crippen molar-refractivity contribution in [3.8, 4) is 0 Å². The number of hydrogen-bond acceptors (Lipinski definition) is 4. The molecule has 0 aliphatic carbocycles. The summed E-state index contributed by atoms with van der Waals surface area (Å²) in [6, 6.07) is 16.1. The highest BCUT2D eigenvalue weighted by Gasteiger charge is 2.35. The molecule has 40 heavy (non-hydrogen) atoms. The lowest BCUT2D eigenvalue weighted by atomic mass is 10.1. The van der Waals surface area contributed by atoms with Gasteiger partial charge in [0.2, 0.25) is 11.8 Å². The summed E-state index contributed by atoms with van der Waals surface area (Å²) >= 11 is 6.30. The van der Waals surface area contributed by atoms with Crippen LogP contribution in [-0.2, 0) is 32.3 Å². The molecule has 0 bridgehead atoms. The molecule has 214 valence electrons. The van der Waals surface area contributed by atoms with Crippen LogP contribution in [0, 0.1) is 0 Å². The number of hydrogen-bond donors (Lipinski definition) is 1. The fourth-order valence-corrected chi connectivity index (χ4v) is 5.51. The summed E-state index contributed by atoms with van der Waals surface area (Å²) in [4.78, 5) is 27.7. The summed E-state index contributed by atoms with van der Waals surface area (Å²) in [5, 5.41) is 3.04. The minimum atomic E-state index is -4.75. The highest BCUT2D eigenvalue weighted by Crippen LogP contribution is 2.33. The average Bonchev–Trinajstić information content (AvgIpc) is 2.90. The molecule has 0 heterocycles. The minimum Gasteiger partial charge on any atom is -0.352 e. The van der Waals surface area contributed by atoms with Gasteiger partial charge in [0.05, 0.1) is 16.1 Å². The summed E-state index contributed by atoms with van der Waals surface area (Å²) < 4.78 is 68.6. The molecule has 7 nitrogen and oxygen atoms in total. The Hall–Kier alpha value is -3.57. The number of nitrogens with zero attached hydrogens (tertiary/aromatic N) is 2. The van der Waals surface area contributed by atoms with E-state index in [2.05, 4.69) is 5.32 Å². The molecule has 1 atom stereocenters. The quantitative estimate of drug-likeness (QED) is 0.336. The smallest absolute Gasteiger partial charge is 0.352 e. The predicted molar refractivity (Wildman–Crippen MR) is 147 cm³/mol. The van der Waals surface area contributed by atoms with Gasteiger partial charge in [-0.2, -0.15) is 13.2 Å². The average molecular weight is 596 g/mol. The third-order valence-electron chi connectivity index (χ3n) is 5.97. The Bertz CT molecular complexity index is 1450. The molecule has 0 aromatic heterocycles. The first-order valence-electron chi connectivity index (χ1n) is 12.3. The van der Waals surface area contributed by atoms with Crippen molar-refractivity contribution >= 4 is 39.1 Å². The van der Waals surface area contributed by atoms with Crippen molar-refractivity contribution in [2.45, 2.75) is 50.5 Å². The number of amides is 2. The fourth-order valence-electron chi connectivity index (χ4n) is 3.88. The van der Waals surface area contributed by atoms with Gasteiger partial charge >= 0.3 is 6.18 Å². The van der Waals surface area contributed by atoms with E-state index in [4.69, 9.17) is 11.6 Å². The van der Waals surface area contributed by atoms with Crippen LogP contribution in [0.2, 0.25) is 5.02 Å². The van der Waals surface area contributed by atoms with Crippen molar-refractivity contribution in [2.24, 2.45) is 0 Å². The first-order valence-corrected chi connectivity index (χ1v) is 14.1. The Morgan fingerprint density at radius 2 is 1.55 bits per heavy atom. The molecule has 3 aromatic carbocycles. The fraction of sp³-hybridized carbons (Fsp3) is 0.286. The van der Waals surface area contributed by atoms with Crippen molar-refractivity contribution in [2.75, 3.05) is 10.8 Å². The number of benzene rings is 3. The van der Waals surface area contributed by atoms with Crippen molar-refractivity contribution in [1.29, 1.82) is 0 Å². The number of nitrogens with one attached hydrogen (secondary N) is 1. The molecule has 0 aliphatic heterocycles. The standard InChI is InChI=1S/C28H29ClF3N3O4S/c1-19(2)33-27(37)20(3)34(17-21-10-7-8-15-25(21)29)26(36)18-35(40(38,39)24-13-5-4-6-14-24)23-12-9-11-22(16-23)28(30,31)32/h4-16,19-20H,17-18H2,1-3H3,(H,33,37)/t20-/m0/s1. The van der Waals surface area contributed by atoms with Gasteiger partial charge in [0.15, 0.2) is 0 Å². The summed E-state index contributed by atoms with van der Waals surface area (Å²) in [5.41, 5.74) is -0.939. The molecule has 0 saturated heterocycles. The lowest BCUT2D eigenvalue weighted by Gasteiger charge is -2.32. The third kappa shape index (κ3) is 7.54. The van der Waals surface area contributed by atoms with Gasteiger partial charge in [-0.15, -0.1) is 0 Å². The van der Waals surface area contributed by atoms with Crippen LogP contribution in [0.3, 0.4) is 0 Å². The number of sulfonamides is 1. The summed E-state index contributed by atoms with van der Waals surface area (Å²) in [6.45, 7) is 3.95. The van der Waals surface area contributed by atoms with Gasteiger partial charge in [-0.1, -0.05) is 54.1 Å². The van der Waals surface area contributed by atoms with Crippen molar-refractivity contribution in [3.05, 3.63) is 95.0 Å². The topological polar surface area (TPSA) is 86.8 Å². The third-order valence-corrected chi connectivity index (χ3v) is 8.13. The largest absolute Gasteiger partial charge is 0.416 e. The molecule has 0 radical (unpaired) electrons. The van der Waals surface area contributed by atoms with Crippen LogP contribution < -0.4 is 9.62 Å². The van der Waals surface area contributed by atoms with E-state index in [0.29, 0.717) is 21.0 Å². The Labute approximate surface area is 236 Å². The van der Waals surface area contributed by atoms with E-state index in [1.165, 1.54) is 37.3 Å². The van der Waals surface area contributed by atoms with Crippen LogP contribution in [-0.4, -0.2) is 43.8 Å². The molecular weight excluding hydrogens is 567 g/mol. The van der Waals surface area contributed by atoms with E-state index in [1.807, 2.05) is 0 Å². The molecule has 0 fully saturated rings. The van der Waals surface area contributed by atoms with E-state index in [9.17, 15) is 31.2 Å². The van der Waals surface area contributed by atoms with Crippen LogP contribution in [0.5, 0.6) is 0 Å². The summed E-state index contributed by atoms with van der Waals surface area (Å²) in [7, 11) is -4.50. The zero-order valence-corrected chi connectivity index (χ0v) is 23.6. The van der Waals surface area contributed by atoms with Crippen LogP contribution in [0.25, 0.3) is 0 Å². The zero-order valence-electron chi connectivity index (χ0n) is 22.0. The summed E-state index contributed by atoms with van der Waals surface area (Å²) in [6.07, 6.45) is -4.75. The van der Waals surface area contributed by atoms with Gasteiger partial charge < -0.3 is 10.2 Å². The molecule has 0 aliphatic rings. The van der Waals surface area contributed by atoms with Crippen LogP contribution >= 0.6 is 11.6 Å². The molecule has 1 N–H and O–H groups in total. The van der Waals surface area contributed by atoms with Crippen LogP contribution in [0.4, 0.5) is 18.9 Å². The number of carbonyl (C=O) groups excluding carboxylic acids is 2. The molecule has 0 spiro atoms. The van der Waals surface area contributed by atoms with Gasteiger partial charge in [0.25, 0.3) is 10.0 Å². The number of rotatable bonds is 10. The lowest BCUT2D eigenvalue weighted by molar-refractivity contribution is -0.139. The minimum absolute atomic E-state index is 0.146. The van der Waals surface area contributed by atoms with Gasteiger partial charge in [-0.25, -0.2) is 8.42 Å². The first-order chi connectivity index (χ1) is 18.7. The van der Waals surface area contributed by atoms with E-state index in [1.54, 1.807) is 44.2 Å². The van der Waals surface area contributed by atoms with Gasteiger partial charge in [0.1, 0.15) is 12.6 Å². The second kappa shape index (κ2) is 12.7. The van der Waals surface area contributed by atoms with E-state index < -0.39 is 46.2 Å². The monoisotopic (exact) mass is 595 g/mol. The number of carbonyl (C=O) groups is 2.